The molecule has 2 aromatic heterocycles. The largest absolute Gasteiger partial charge is 0.481 e. The van der Waals surface area contributed by atoms with Gasteiger partial charge in [-0.15, -0.1) is 5.10 Å². The molecule has 0 aliphatic heterocycles. The smallest absolute Gasteiger partial charge is 0.409 e. The Morgan fingerprint density at radius 3 is 2.72 bits per heavy atom. The summed E-state index contributed by atoms with van der Waals surface area (Å²) in [5.74, 6) is -0.861. The van der Waals surface area contributed by atoms with E-state index in [1.165, 1.54) is 22.8 Å². The van der Waals surface area contributed by atoms with Gasteiger partial charge < -0.3 is 19.5 Å². The average Bonchev–Trinajstić information content (AvgIpc) is 3.44. The van der Waals surface area contributed by atoms with Crippen LogP contribution in [0.5, 0.6) is 5.88 Å². The number of ether oxygens (including phenoxy) is 2. The van der Waals surface area contributed by atoms with E-state index in [9.17, 15) is 19.1 Å². The molecule has 2 saturated carbocycles. The van der Waals surface area contributed by atoms with Crippen LogP contribution in [0.2, 0.25) is 0 Å². The number of aliphatic carboxylic acids is 1. The first-order valence-electron chi connectivity index (χ1n) is 12.3. The van der Waals surface area contributed by atoms with Crippen molar-refractivity contribution < 1.29 is 28.6 Å². The highest BCUT2D eigenvalue weighted by atomic mass is 19.1. The quantitative estimate of drug-likeness (QED) is 0.574. The van der Waals surface area contributed by atoms with E-state index in [0.717, 1.165) is 25.7 Å². The third-order valence-electron chi connectivity index (χ3n) is 7.01. The molecule has 0 unspecified atom stereocenters. The number of amides is 1. The van der Waals surface area contributed by atoms with Gasteiger partial charge in [-0.3, -0.25) is 4.79 Å². The SMILES string of the molecule is Cc1nc(-c2nnn(C)c2COC(=O)N(C)CC2(F)CCCC2)cnc1O[C@H]1CCC[C@H](C(=O)O)C1. The molecule has 11 nitrogen and oxygen atoms in total. The third-order valence-corrected chi connectivity index (χ3v) is 7.01. The van der Waals surface area contributed by atoms with Crippen LogP contribution in [0, 0.1) is 12.8 Å². The Balaban J connectivity index is 1.40. The Kier molecular flexibility index (Phi) is 7.70. The van der Waals surface area contributed by atoms with Crippen LogP contribution < -0.4 is 4.74 Å². The van der Waals surface area contributed by atoms with E-state index >= 15 is 0 Å². The van der Waals surface area contributed by atoms with Crippen molar-refractivity contribution in [2.75, 3.05) is 13.6 Å². The summed E-state index contributed by atoms with van der Waals surface area (Å²) >= 11 is 0. The predicted octanol–water partition coefficient (Wildman–Crippen LogP) is 3.45. The molecule has 2 fully saturated rings. The first-order valence-corrected chi connectivity index (χ1v) is 12.3. The normalized spacial score (nSPS) is 21.2. The zero-order chi connectivity index (χ0) is 25.9. The Bertz CT molecular complexity index is 1100. The van der Waals surface area contributed by atoms with Gasteiger partial charge in [0, 0.05) is 14.1 Å². The second-order valence-electron chi connectivity index (χ2n) is 9.86. The molecule has 2 aliphatic carbocycles. The standard InChI is InChI=1S/C24H33FN6O5/c1-15-21(36-17-8-6-7-16(11-17)22(32)33)26-12-18(27-15)20-19(31(3)29-28-20)13-35-23(34)30(2)14-24(25)9-4-5-10-24/h12,16-17H,4-11,13-14H2,1-3H3,(H,32,33)/t16-,17-/m0/s1. The first-order chi connectivity index (χ1) is 17.1. The van der Waals surface area contributed by atoms with Crippen LogP contribution in [0.25, 0.3) is 11.4 Å². The van der Waals surface area contributed by atoms with Gasteiger partial charge in [0.1, 0.15) is 41.2 Å². The topological polar surface area (TPSA) is 133 Å². The number of aromatic nitrogens is 5. The van der Waals surface area contributed by atoms with Crippen LogP contribution in [-0.4, -0.2) is 72.4 Å². The van der Waals surface area contributed by atoms with Crippen molar-refractivity contribution in [1.29, 1.82) is 0 Å². The van der Waals surface area contributed by atoms with E-state index in [4.69, 9.17) is 9.47 Å². The van der Waals surface area contributed by atoms with Gasteiger partial charge in [0.15, 0.2) is 0 Å². The number of carbonyl (C=O) groups is 2. The Morgan fingerprint density at radius 2 is 2.03 bits per heavy atom. The molecule has 196 valence electrons. The summed E-state index contributed by atoms with van der Waals surface area (Å²) in [7, 11) is 3.21. The number of alkyl halides is 1. The van der Waals surface area contributed by atoms with Gasteiger partial charge in [-0.05, 0) is 45.4 Å². The molecular weight excluding hydrogens is 471 g/mol. The van der Waals surface area contributed by atoms with Crippen LogP contribution >= 0.6 is 0 Å². The number of carboxylic acid groups (broad SMARTS) is 1. The highest BCUT2D eigenvalue weighted by Gasteiger charge is 2.36. The van der Waals surface area contributed by atoms with Gasteiger partial charge in [-0.25, -0.2) is 23.8 Å². The number of carboxylic acids is 1. The minimum absolute atomic E-state index is 0.00264. The zero-order valence-corrected chi connectivity index (χ0v) is 20.9. The molecule has 1 amide bonds. The van der Waals surface area contributed by atoms with E-state index < -0.39 is 23.6 Å². The summed E-state index contributed by atoms with van der Waals surface area (Å²) in [5.41, 5.74) is 0.551. The number of nitrogens with zero attached hydrogens (tertiary/aromatic N) is 6. The second-order valence-corrected chi connectivity index (χ2v) is 9.86. The molecule has 2 aliphatic rings. The lowest BCUT2D eigenvalue weighted by molar-refractivity contribution is -0.143. The highest BCUT2D eigenvalue weighted by Crippen LogP contribution is 2.34. The molecule has 0 saturated heterocycles. The molecule has 2 heterocycles. The lowest BCUT2D eigenvalue weighted by Gasteiger charge is -2.27. The van der Waals surface area contributed by atoms with E-state index in [1.54, 1.807) is 14.0 Å². The Hall–Kier alpha value is -3.31. The Labute approximate surface area is 209 Å². The van der Waals surface area contributed by atoms with Crippen LogP contribution in [0.15, 0.2) is 6.20 Å². The number of aryl methyl sites for hydroxylation is 2. The summed E-state index contributed by atoms with van der Waals surface area (Å²) < 4.78 is 27.6. The van der Waals surface area contributed by atoms with Crippen LogP contribution in [0.3, 0.4) is 0 Å². The van der Waals surface area contributed by atoms with Crippen molar-refractivity contribution in [3.05, 3.63) is 17.6 Å². The molecule has 0 aromatic carbocycles. The minimum atomic E-state index is -1.35. The molecule has 2 aromatic rings. The number of halogens is 1. The summed E-state index contributed by atoms with van der Waals surface area (Å²) in [4.78, 5) is 34.0. The van der Waals surface area contributed by atoms with Gasteiger partial charge >= 0.3 is 12.1 Å². The van der Waals surface area contributed by atoms with E-state index in [-0.39, 0.29) is 19.3 Å². The molecule has 1 N–H and O–H groups in total. The van der Waals surface area contributed by atoms with Crippen molar-refractivity contribution >= 4 is 12.1 Å². The van der Waals surface area contributed by atoms with Crippen LogP contribution in [0.1, 0.15) is 62.8 Å². The zero-order valence-electron chi connectivity index (χ0n) is 20.9. The maximum absolute atomic E-state index is 14.7. The van der Waals surface area contributed by atoms with Gasteiger partial charge in [0.05, 0.1) is 18.7 Å². The number of hydrogen-bond acceptors (Lipinski definition) is 8. The fraction of sp³-hybridized carbons (Fsp3) is 0.667. The highest BCUT2D eigenvalue weighted by molar-refractivity contribution is 5.70. The van der Waals surface area contributed by atoms with Gasteiger partial charge in [0.25, 0.3) is 0 Å². The molecular formula is C24H33FN6O5. The monoisotopic (exact) mass is 504 g/mol. The van der Waals surface area contributed by atoms with Crippen molar-refractivity contribution in [2.24, 2.45) is 13.0 Å². The average molecular weight is 505 g/mol. The molecule has 2 atom stereocenters. The van der Waals surface area contributed by atoms with Gasteiger partial charge in [0.2, 0.25) is 5.88 Å². The summed E-state index contributed by atoms with van der Waals surface area (Å²) in [6.07, 6.45) is 5.89. The third kappa shape index (κ3) is 5.90. The molecule has 0 spiro atoms. The molecule has 4 rings (SSSR count). The van der Waals surface area contributed by atoms with Crippen LogP contribution in [-0.2, 0) is 23.2 Å². The van der Waals surface area contributed by atoms with E-state index in [2.05, 4.69) is 20.3 Å². The lowest BCUT2D eigenvalue weighted by atomic mass is 9.87. The molecule has 36 heavy (non-hydrogen) atoms. The van der Waals surface area contributed by atoms with Gasteiger partial charge in [-0.1, -0.05) is 18.1 Å². The fourth-order valence-electron chi connectivity index (χ4n) is 4.97. The van der Waals surface area contributed by atoms with Crippen molar-refractivity contribution in [3.63, 3.8) is 0 Å². The van der Waals surface area contributed by atoms with Crippen LogP contribution in [0.4, 0.5) is 9.18 Å². The lowest BCUT2D eigenvalue weighted by Crippen LogP contribution is -2.39. The number of hydrogen-bond donors (Lipinski definition) is 1. The predicted molar refractivity (Wildman–Crippen MR) is 126 cm³/mol. The number of carbonyl (C=O) groups excluding carboxylic acids is 1. The Morgan fingerprint density at radius 1 is 1.28 bits per heavy atom. The van der Waals surface area contributed by atoms with Crippen molar-refractivity contribution in [3.8, 4) is 17.3 Å². The number of rotatable bonds is 8. The molecule has 0 bridgehead atoms. The summed E-state index contributed by atoms with van der Waals surface area (Å²) in [6.45, 7) is 1.64. The van der Waals surface area contributed by atoms with Gasteiger partial charge in [-0.2, -0.15) is 0 Å². The molecule has 12 heteroatoms. The maximum atomic E-state index is 14.7. The van der Waals surface area contributed by atoms with Crippen molar-refractivity contribution in [1.82, 2.24) is 29.9 Å². The second kappa shape index (κ2) is 10.8. The molecule has 0 radical (unpaired) electrons. The van der Waals surface area contributed by atoms with E-state index in [1.807, 2.05) is 0 Å². The fourth-order valence-corrected chi connectivity index (χ4v) is 4.97. The maximum Gasteiger partial charge on any atom is 0.409 e. The van der Waals surface area contributed by atoms with E-state index in [0.29, 0.717) is 54.3 Å². The van der Waals surface area contributed by atoms with Crippen molar-refractivity contribution in [2.45, 2.75) is 76.7 Å². The summed E-state index contributed by atoms with van der Waals surface area (Å²) in [6, 6.07) is 0. The first kappa shape index (κ1) is 25.8. The minimum Gasteiger partial charge on any atom is -0.481 e. The summed E-state index contributed by atoms with van der Waals surface area (Å²) in [5, 5.41) is 17.5.